The molecule has 0 saturated carbocycles. The van der Waals surface area contributed by atoms with E-state index in [2.05, 4.69) is 26.2 Å². The third-order valence-corrected chi connectivity index (χ3v) is 4.21. The summed E-state index contributed by atoms with van der Waals surface area (Å²) in [4.78, 5) is 16.3. The minimum atomic E-state index is 0.0387. The van der Waals surface area contributed by atoms with E-state index in [1.807, 2.05) is 42.5 Å². The molecule has 122 valence electrons. The van der Waals surface area contributed by atoms with Gasteiger partial charge in [-0.05, 0) is 41.8 Å². The zero-order valence-corrected chi connectivity index (χ0v) is 14.6. The normalized spacial score (nSPS) is 10.5. The highest BCUT2D eigenvalue weighted by Crippen LogP contribution is 2.17. The van der Waals surface area contributed by atoms with Crippen LogP contribution in [-0.2, 0) is 17.8 Å². The Morgan fingerprint density at radius 3 is 2.54 bits per heavy atom. The van der Waals surface area contributed by atoms with Crippen molar-refractivity contribution in [2.75, 3.05) is 0 Å². The van der Waals surface area contributed by atoms with E-state index in [0.29, 0.717) is 13.0 Å². The smallest absolute Gasteiger partial charge is 0.220 e. The number of hydrogen-bond donors (Lipinski definition) is 1. The van der Waals surface area contributed by atoms with Gasteiger partial charge in [-0.25, -0.2) is 0 Å². The van der Waals surface area contributed by atoms with E-state index in [9.17, 15) is 4.79 Å². The number of amides is 1. The number of nitrogens with one attached hydrogen (secondary N) is 1. The van der Waals surface area contributed by atoms with Gasteiger partial charge in [-0.1, -0.05) is 34.1 Å². The third kappa shape index (κ3) is 4.55. The lowest BCUT2D eigenvalue weighted by Gasteiger charge is -2.06. The quantitative estimate of drug-likeness (QED) is 0.686. The Hall–Kier alpha value is -2.40. The molecule has 0 atom stereocenters. The maximum atomic E-state index is 12.0. The fourth-order valence-electron chi connectivity index (χ4n) is 2.31. The van der Waals surface area contributed by atoms with Crippen molar-refractivity contribution >= 4 is 21.8 Å². The molecule has 0 fully saturated rings. The van der Waals surface area contributed by atoms with E-state index in [0.717, 1.165) is 33.3 Å². The fraction of sp³-hybridized carbons (Fsp3) is 0.158. The van der Waals surface area contributed by atoms with E-state index < -0.39 is 0 Å². The van der Waals surface area contributed by atoms with E-state index in [1.54, 1.807) is 18.7 Å². The third-order valence-electron chi connectivity index (χ3n) is 3.69. The minimum absolute atomic E-state index is 0.0387. The van der Waals surface area contributed by atoms with Crippen LogP contribution in [0.2, 0.25) is 0 Å². The van der Waals surface area contributed by atoms with Gasteiger partial charge in [-0.3, -0.25) is 9.78 Å². The van der Waals surface area contributed by atoms with Gasteiger partial charge in [0.1, 0.15) is 0 Å². The van der Waals surface area contributed by atoms with Gasteiger partial charge in [-0.15, -0.1) is 0 Å². The van der Waals surface area contributed by atoms with E-state index in [1.165, 1.54) is 0 Å². The van der Waals surface area contributed by atoms with Gasteiger partial charge in [0.15, 0.2) is 0 Å². The molecule has 3 rings (SSSR count). The number of pyridine rings is 1. The number of furan rings is 1. The lowest BCUT2D eigenvalue weighted by atomic mass is 10.1. The Balaban J connectivity index is 1.46. The first-order valence-electron chi connectivity index (χ1n) is 7.69. The van der Waals surface area contributed by atoms with E-state index in [4.69, 9.17) is 4.42 Å². The predicted molar refractivity (Wildman–Crippen MR) is 96.2 cm³/mol. The molecule has 24 heavy (non-hydrogen) atoms. The standard InChI is InChI=1S/C19H17BrN2O2/c20-17-5-1-14(2-6-17)4-8-19(23)22-12-15-3-7-18(21-11-15)16-9-10-24-13-16/h1-3,5-7,9-11,13H,4,8,12H2,(H,22,23). The molecule has 0 aliphatic carbocycles. The van der Waals surface area contributed by atoms with Crippen LogP contribution in [-0.4, -0.2) is 10.9 Å². The number of nitrogens with zero attached hydrogens (tertiary/aromatic N) is 1. The van der Waals surface area contributed by atoms with E-state index in [-0.39, 0.29) is 5.91 Å². The summed E-state index contributed by atoms with van der Waals surface area (Å²) in [6.45, 7) is 0.484. The van der Waals surface area contributed by atoms with Crippen LogP contribution >= 0.6 is 15.9 Å². The Morgan fingerprint density at radius 1 is 1.08 bits per heavy atom. The van der Waals surface area contributed by atoms with Crippen LogP contribution in [0.25, 0.3) is 11.3 Å². The van der Waals surface area contributed by atoms with Crippen molar-refractivity contribution in [1.82, 2.24) is 10.3 Å². The van der Waals surface area contributed by atoms with Crippen LogP contribution in [0.4, 0.5) is 0 Å². The molecule has 0 unspecified atom stereocenters. The summed E-state index contributed by atoms with van der Waals surface area (Å²) in [6.07, 6.45) is 6.26. The summed E-state index contributed by atoms with van der Waals surface area (Å²) in [6, 6.07) is 13.8. The van der Waals surface area contributed by atoms with Crippen molar-refractivity contribution in [2.24, 2.45) is 0 Å². The first kappa shape index (κ1) is 16.5. The first-order chi connectivity index (χ1) is 11.7. The summed E-state index contributed by atoms with van der Waals surface area (Å²) in [5.41, 5.74) is 3.92. The van der Waals surface area contributed by atoms with E-state index >= 15 is 0 Å². The highest BCUT2D eigenvalue weighted by molar-refractivity contribution is 9.10. The summed E-state index contributed by atoms with van der Waals surface area (Å²) in [7, 11) is 0. The highest BCUT2D eigenvalue weighted by Gasteiger charge is 2.04. The highest BCUT2D eigenvalue weighted by atomic mass is 79.9. The molecule has 1 amide bonds. The second-order valence-electron chi connectivity index (χ2n) is 5.47. The van der Waals surface area contributed by atoms with Gasteiger partial charge < -0.3 is 9.73 Å². The van der Waals surface area contributed by atoms with Gasteiger partial charge in [0, 0.05) is 29.2 Å². The van der Waals surface area contributed by atoms with Crippen molar-refractivity contribution in [3.63, 3.8) is 0 Å². The monoisotopic (exact) mass is 384 g/mol. The van der Waals surface area contributed by atoms with Crippen LogP contribution in [0.1, 0.15) is 17.5 Å². The lowest BCUT2D eigenvalue weighted by Crippen LogP contribution is -2.23. The maximum Gasteiger partial charge on any atom is 0.220 e. The number of carbonyl (C=O) groups excluding carboxylic acids is 1. The average Bonchev–Trinajstić information content (AvgIpc) is 3.14. The Bertz CT molecular complexity index is 781. The molecule has 0 aliphatic heterocycles. The second kappa shape index (κ2) is 7.93. The largest absolute Gasteiger partial charge is 0.472 e. The molecule has 0 spiro atoms. The van der Waals surface area contributed by atoms with Gasteiger partial charge in [0.25, 0.3) is 0 Å². The molecule has 3 aromatic rings. The molecule has 2 aromatic heterocycles. The predicted octanol–water partition coefficient (Wildman–Crippen LogP) is 4.35. The topological polar surface area (TPSA) is 55.1 Å². The number of aromatic nitrogens is 1. The SMILES string of the molecule is O=C(CCc1ccc(Br)cc1)NCc1ccc(-c2ccoc2)nc1. The maximum absolute atomic E-state index is 12.0. The first-order valence-corrected chi connectivity index (χ1v) is 8.48. The molecule has 1 aromatic carbocycles. The average molecular weight is 385 g/mol. The molecular formula is C19H17BrN2O2. The number of halogens is 1. The molecule has 4 nitrogen and oxygen atoms in total. The van der Waals surface area contributed by atoms with Crippen LogP contribution in [0.5, 0.6) is 0 Å². The van der Waals surface area contributed by atoms with Gasteiger partial charge in [0.05, 0.1) is 18.2 Å². The second-order valence-corrected chi connectivity index (χ2v) is 6.38. The summed E-state index contributed by atoms with van der Waals surface area (Å²) in [5, 5.41) is 2.93. The molecular weight excluding hydrogens is 368 g/mol. The van der Waals surface area contributed by atoms with Crippen LogP contribution in [0, 0.1) is 0 Å². The fourth-order valence-corrected chi connectivity index (χ4v) is 2.57. The number of aryl methyl sites for hydroxylation is 1. The minimum Gasteiger partial charge on any atom is -0.472 e. The van der Waals surface area contributed by atoms with Gasteiger partial charge >= 0.3 is 0 Å². The Labute approximate surface area is 149 Å². The van der Waals surface area contributed by atoms with Crippen molar-refractivity contribution in [3.05, 3.63) is 76.8 Å². The van der Waals surface area contributed by atoms with Crippen LogP contribution in [0.3, 0.4) is 0 Å². The molecule has 2 heterocycles. The van der Waals surface area contributed by atoms with Crippen LogP contribution in [0.15, 0.2) is 70.1 Å². The number of hydrogen-bond acceptors (Lipinski definition) is 3. The molecule has 0 bridgehead atoms. The van der Waals surface area contributed by atoms with Crippen LogP contribution < -0.4 is 5.32 Å². The molecule has 0 aliphatic rings. The van der Waals surface area contributed by atoms with Crippen molar-refractivity contribution < 1.29 is 9.21 Å². The van der Waals surface area contributed by atoms with Crippen molar-refractivity contribution in [2.45, 2.75) is 19.4 Å². The zero-order chi connectivity index (χ0) is 16.8. The number of carbonyl (C=O) groups is 1. The zero-order valence-electron chi connectivity index (χ0n) is 13.0. The van der Waals surface area contributed by atoms with Crippen molar-refractivity contribution in [3.8, 4) is 11.3 Å². The summed E-state index contributed by atoms with van der Waals surface area (Å²) < 4.78 is 6.09. The number of benzene rings is 1. The number of rotatable bonds is 6. The van der Waals surface area contributed by atoms with Gasteiger partial charge in [-0.2, -0.15) is 0 Å². The Kier molecular flexibility index (Phi) is 5.43. The Morgan fingerprint density at radius 2 is 1.88 bits per heavy atom. The lowest BCUT2D eigenvalue weighted by molar-refractivity contribution is -0.121. The molecule has 0 radical (unpaired) electrons. The molecule has 1 N–H and O–H groups in total. The molecule has 0 saturated heterocycles. The van der Waals surface area contributed by atoms with Crippen molar-refractivity contribution in [1.29, 1.82) is 0 Å². The summed E-state index contributed by atoms with van der Waals surface area (Å²) in [5.74, 6) is 0.0387. The van der Waals surface area contributed by atoms with Gasteiger partial charge in [0.2, 0.25) is 5.91 Å². The molecule has 5 heteroatoms. The summed E-state index contributed by atoms with van der Waals surface area (Å²) >= 11 is 3.40.